The predicted molar refractivity (Wildman–Crippen MR) is 131 cm³/mol. The van der Waals surface area contributed by atoms with Crippen LogP contribution in [-0.2, 0) is 14.9 Å². The summed E-state index contributed by atoms with van der Waals surface area (Å²) in [6, 6.07) is 17.1. The van der Waals surface area contributed by atoms with Crippen LogP contribution in [0.1, 0.15) is 49.7 Å². The lowest BCUT2D eigenvalue weighted by Gasteiger charge is -2.35. The summed E-state index contributed by atoms with van der Waals surface area (Å²) in [5, 5.41) is 0.106. The molecule has 1 heterocycles. The number of nitrogens with zero attached hydrogens (tertiary/aromatic N) is 2. The van der Waals surface area contributed by atoms with E-state index in [1.54, 1.807) is 0 Å². The molecule has 0 radical (unpaired) electrons. The van der Waals surface area contributed by atoms with Gasteiger partial charge in [0.15, 0.2) is 0 Å². The van der Waals surface area contributed by atoms with Crippen molar-refractivity contribution < 1.29 is 9.53 Å². The molecule has 31 heavy (non-hydrogen) atoms. The summed E-state index contributed by atoms with van der Waals surface area (Å²) >= 11 is 6.71. The highest BCUT2D eigenvalue weighted by molar-refractivity contribution is 6.20. The predicted octanol–water partition coefficient (Wildman–Crippen LogP) is 5.61. The van der Waals surface area contributed by atoms with Crippen molar-refractivity contribution in [1.82, 2.24) is 0 Å². The molecule has 168 valence electrons. The van der Waals surface area contributed by atoms with Gasteiger partial charge in [-0.25, -0.2) is 0 Å². The van der Waals surface area contributed by atoms with Crippen LogP contribution in [0.4, 0.5) is 11.4 Å². The second-order valence-electron chi connectivity index (χ2n) is 8.99. The molecular weight excluding hydrogens is 408 g/mol. The first-order valence-electron chi connectivity index (χ1n) is 11.2. The first kappa shape index (κ1) is 23.5. The number of anilines is 2. The Morgan fingerprint density at radius 3 is 1.84 bits per heavy atom. The van der Waals surface area contributed by atoms with Crippen molar-refractivity contribution in [3.8, 4) is 0 Å². The molecule has 4 nitrogen and oxygen atoms in total. The van der Waals surface area contributed by atoms with Gasteiger partial charge in [-0.05, 0) is 67.5 Å². The van der Waals surface area contributed by atoms with Crippen LogP contribution in [0.25, 0.3) is 0 Å². The van der Waals surface area contributed by atoms with Crippen LogP contribution in [0.5, 0.6) is 0 Å². The molecule has 0 aliphatic carbocycles. The molecule has 1 unspecified atom stereocenters. The lowest BCUT2D eigenvalue weighted by Crippen LogP contribution is -2.32. The molecule has 1 aliphatic heterocycles. The van der Waals surface area contributed by atoms with Crippen molar-refractivity contribution in [1.29, 1.82) is 0 Å². The number of hydrogen-bond acceptors (Lipinski definition) is 4. The second kappa shape index (κ2) is 10.4. The van der Waals surface area contributed by atoms with E-state index < -0.39 is 5.41 Å². The van der Waals surface area contributed by atoms with Crippen molar-refractivity contribution in [2.75, 3.05) is 44.6 Å². The fourth-order valence-electron chi connectivity index (χ4n) is 4.40. The molecule has 2 aromatic carbocycles. The number of esters is 1. The average molecular weight is 443 g/mol. The second-order valence-corrected chi connectivity index (χ2v) is 9.61. The lowest BCUT2D eigenvalue weighted by atomic mass is 9.68. The molecule has 0 saturated carbocycles. The van der Waals surface area contributed by atoms with Gasteiger partial charge in [0, 0.05) is 50.4 Å². The number of carbonyl (C=O) groups is 1. The quantitative estimate of drug-likeness (QED) is 0.455. The largest absolute Gasteiger partial charge is 0.466 e. The Morgan fingerprint density at radius 2 is 1.35 bits per heavy atom. The van der Waals surface area contributed by atoms with E-state index in [0.717, 1.165) is 54.6 Å². The molecule has 3 rings (SSSR count). The van der Waals surface area contributed by atoms with Crippen LogP contribution in [0.2, 0.25) is 0 Å². The lowest BCUT2D eigenvalue weighted by molar-refractivity contribution is -0.145. The number of hydrogen-bond donors (Lipinski definition) is 0. The van der Waals surface area contributed by atoms with E-state index in [1.807, 2.05) is 28.2 Å². The number of alkyl halides is 1. The molecule has 0 bridgehead atoms. The Labute approximate surface area is 192 Å². The number of ether oxygens (including phenoxy) is 1. The smallest absolute Gasteiger partial charge is 0.307 e. The van der Waals surface area contributed by atoms with E-state index >= 15 is 0 Å². The van der Waals surface area contributed by atoms with E-state index in [4.69, 9.17) is 16.3 Å². The van der Waals surface area contributed by atoms with Crippen LogP contribution in [0, 0.1) is 0 Å². The normalized spacial score (nSPS) is 19.8. The van der Waals surface area contributed by atoms with Gasteiger partial charge in [0.25, 0.3) is 0 Å². The highest BCUT2D eigenvalue weighted by atomic mass is 35.5. The van der Waals surface area contributed by atoms with Gasteiger partial charge in [-0.3, -0.25) is 4.79 Å². The summed E-state index contributed by atoms with van der Waals surface area (Å²) in [6.45, 7) is 0.470. The minimum Gasteiger partial charge on any atom is -0.466 e. The van der Waals surface area contributed by atoms with Crippen molar-refractivity contribution in [3.63, 3.8) is 0 Å². The Morgan fingerprint density at radius 1 is 0.839 bits per heavy atom. The van der Waals surface area contributed by atoms with Crippen LogP contribution in [-0.4, -0.2) is 46.1 Å². The summed E-state index contributed by atoms with van der Waals surface area (Å²) < 4.78 is 5.63. The number of rotatable bonds is 4. The third-order valence-electron chi connectivity index (χ3n) is 6.38. The first-order chi connectivity index (χ1) is 14.8. The van der Waals surface area contributed by atoms with E-state index in [-0.39, 0.29) is 11.3 Å². The summed E-state index contributed by atoms with van der Waals surface area (Å²) in [7, 11) is 8.14. The zero-order valence-electron chi connectivity index (χ0n) is 19.2. The topological polar surface area (TPSA) is 32.8 Å². The SMILES string of the molecule is CN(C)c1ccc(C2(c3ccc(N(C)C)cc3)CCC(Cl)CCCCOC(=O)C2)cc1. The van der Waals surface area contributed by atoms with E-state index in [0.29, 0.717) is 13.0 Å². The standard InChI is InChI=1S/C26H35ClN2O2/c1-28(2)23-12-8-20(9-13-23)26(21-10-14-24(15-11-21)29(3)4)17-16-22(27)7-5-6-18-31-25(30)19-26/h8-15,22H,5-7,16-19H2,1-4H3. The van der Waals surface area contributed by atoms with Gasteiger partial charge in [-0.2, -0.15) is 0 Å². The maximum atomic E-state index is 12.9. The van der Waals surface area contributed by atoms with Crippen LogP contribution < -0.4 is 9.80 Å². The summed E-state index contributed by atoms with van der Waals surface area (Å²) in [5.41, 5.74) is 4.07. The molecule has 0 aromatic heterocycles. The van der Waals surface area contributed by atoms with Crippen LogP contribution in [0.3, 0.4) is 0 Å². The number of carbonyl (C=O) groups excluding carboxylic acids is 1. The Balaban J connectivity index is 2.10. The highest BCUT2D eigenvalue weighted by Gasteiger charge is 2.38. The van der Waals surface area contributed by atoms with Gasteiger partial charge in [0.05, 0.1) is 13.0 Å². The molecule has 1 saturated heterocycles. The first-order valence-corrected chi connectivity index (χ1v) is 11.6. The molecule has 5 heteroatoms. The van der Waals surface area contributed by atoms with Gasteiger partial charge >= 0.3 is 5.97 Å². The summed E-state index contributed by atoms with van der Waals surface area (Å²) in [5.74, 6) is -0.138. The molecule has 1 aliphatic rings. The van der Waals surface area contributed by atoms with Gasteiger partial charge in [-0.1, -0.05) is 24.3 Å². The monoisotopic (exact) mass is 442 g/mol. The van der Waals surface area contributed by atoms with Crippen LogP contribution >= 0.6 is 11.6 Å². The van der Waals surface area contributed by atoms with E-state index in [9.17, 15) is 4.79 Å². The van der Waals surface area contributed by atoms with Crippen molar-refractivity contribution in [2.45, 2.75) is 49.3 Å². The number of halogens is 1. The number of cyclic esters (lactones) is 1. The molecule has 0 amide bonds. The van der Waals surface area contributed by atoms with Crippen LogP contribution in [0.15, 0.2) is 48.5 Å². The maximum absolute atomic E-state index is 12.9. The summed E-state index contributed by atoms with van der Waals surface area (Å²) in [6.07, 6.45) is 4.80. The van der Waals surface area contributed by atoms with Gasteiger partial charge in [0.2, 0.25) is 0 Å². The van der Waals surface area contributed by atoms with E-state index in [2.05, 4.69) is 58.3 Å². The van der Waals surface area contributed by atoms with Gasteiger partial charge in [0.1, 0.15) is 0 Å². The van der Waals surface area contributed by atoms with Crippen molar-refractivity contribution in [2.24, 2.45) is 0 Å². The molecule has 0 spiro atoms. The number of benzene rings is 2. The zero-order valence-corrected chi connectivity index (χ0v) is 20.0. The third kappa shape index (κ3) is 5.74. The Hall–Kier alpha value is -2.20. The molecular formula is C26H35ClN2O2. The minimum atomic E-state index is -0.468. The molecule has 0 N–H and O–H groups in total. The fraction of sp³-hybridized carbons (Fsp3) is 0.500. The maximum Gasteiger partial charge on any atom is 0.307 e. The summed E-state index contributed by atoms with van der Waals surface area (Å²) in [4.78, 5) is 17.1. The molecule has 1 atom stereocenters. The van der Waals surface area contributed by atoms with Gasteiger partial charge < -0.3 is 14.5 Å². The van der Waals surface area contributed by atoms with Gasteiger partial charge in [-0.15, -0.1) is 11.6 Å². The third-order valence-corrected chi connectivity index (χ3v) is 6.81. The molecule has 1 fully saturated rings. The minimum absolute atomic E-state index is 0.106. The zero-order chi connectivity index (χ0) is 22.4. The van der Waals surface area contributed by atoms with E-state index in [1.165, 1.54) is 0 Å². The van der Waals surface area contributed by atoms with Crippen molar-refractivity contribution in [3.05, 3.63) is 59.7 Å². The molecule has 2 aromatic rings. The Bertz CT molecular complexity index is 795. The highest BCUT2D eigenvalue weighted by Crippen LogP contribution is 2.42. The van der Waals surface area contributed by atoms with Crippen molar-refractivity contribution >= 4 is 28.9 Å². The Kier molecular flexibility index (Phi) is 7.88. The fourth-order valence-corrected chi connectivity index (χ4v) is 4.67. The average Bonchev–Trinajstić information content (AvgIpc) is 2.79.